The van der Waals surface area contributed by atoms with Crippen LogP contribution in [0.25, 0.3) is 0 Å². The maximum atomic E-state index is 9.26. The summed E-state index contributed by atoms with van der Waals surface area (Å²) in [6, 6.07) is 0. The minimum absolute atomic E-state index is 0.422. The number of aliphatic hydroxyl groups excluding tert-OH is 3. The van der Waals surface area contributed by atoms with Crippen LogP contribution >= 0.6 is 0 Å². The Kier molecular flexibility index (Phi) is 1.66. The Morgan fingerprint density at radius 1 is 1.33 bits per heavy atom. The Bertz CT molecular complexity index is 196. The molecular weight excluding hydrogens is 168 g/mol. The zero-order chi connectivity index (χ0) is 8.93. The Balaban J connectivity index is 2.11. The van der Waals surface area contributed by atoms with Gasteiger partial charge < -0.3 is 29.9 Å². The molecule has 0 spiro atoms. The van der Waals surface area contributed by atoms with Crippen LogP contribution < -0.4 is 0 Å². The summed E-state index contributed by atoms with van der Waals surface area (Å²) in [5, 5.41) is 36.4. The minimum atomic E-state index is -1.77. The average molecular weight is 178 g/mol. The van der Waals surface area contributed by atoms with Crippen molar-refractivity contribution in [3.8, 4) is 0 Å². The van der Waals surface area contributed by atoms with Crippen LogP contribution in [0.5, 0.6) is 0 Å². The smallest absolute Gasteiger partial charge is 0.250 e. The molecule has 6 heteroatoms. The van der Waals surface area contributed by atoms with E-state index >= 15 is 0 Å². The van der Waals surface area contributed by atoms with Gasteiger partial charge in [-0.3, -0.25) is 0 Å². The fourth-order valence-corrected chi connectivity index (χ4v) is 1.31. The maximum absolute atomic E-state index is 9.26. The largest absolute Gasteiger partial charge is 0.394 e. The zero-order valence-electron chi connectivity index (χ0n) is 6.12. The summed E-state index contributed by atoms with van der Waals surface area (Å²) >= 11 is 0. The predicted molar refractivity (Wildman–Crippen MR) is 33.8 cm³/mol. The molecule has 6 nitrogen and oxygen atoms in total. The first-order valence-corrected chi connectivity index (χ1v) is 3.62. The highest BCUT2D eigenvalue weighted by atomic mass is 16.9. The van der Waals surface area contributed by atoms with Crippen LogP contribution in [-0.4, -0.2) is 57.4 Å². The first-order chi connectivity index (χ1) is 5.59. The molecule has 5 atom stereocenters. The molecule has 0 aromatic heterocycles. The number of hydrogen-bond acceptors (Lipinski definition) is 6. The fourth-order valence-electron chi connectivity index (χ4n) is 1.31. The van der Waals surface area contributed by atoms with Crippen LogP contribution in [0.4, 0.5) is 0 Å². The van der Waals surface area contributed by atoms with Crippen molar-refractivity contribution in [2.75, 3.05) is 6.61 Å². The van der Waals surface area contributed by atoms with E-state index in [-0.39, 0.29) is 0 Å². The highest BCUT2D eigenvalue weighted by molar-refractivity contribution is 5.03. The Labute approximate surface area is 68.0 Å². The lowest BCUT2D eigenvalue weighted by atomic mass is 10.0. The van der Waals surface area contributed by atoms with E-state index < -0.39 is 37.0 Å². The third kappa shape index (κ3) is 0.905. The van der Waals surface area contributed by atoms with E-state index in [0.29, 0.717) is 0 Å². The molecule has 0 amide bonds. The third-order valence-corrected chi connectivity index (χ3v) is 2.18. The quantitative estimate of drug-likeness (QED) is 0.322. The molecule has 0 radical (unpaired) electrons. The summed E-state index contributed by atoms with van der Waals surface area (Å²) in [6.07, 6.45) is -4.56. The molecule has 2 saturated heterocycles. The van der Waals surface area contributed by atoms with Crippen molar-refractivity contribution >= 4 is 0 Å². The monoisotopic (exact) mass is 178 g/mol. The number of epoxide rings is 1. The summed E-state index contributed by atoms with van der Waals surface area (Å²) in [4.78, 5) is 0. The Morgan fingerprint density at radius 2 is 2.00 bits per heavy atom. The molecule has 2 fully saturated rings. The van der Waals surface area contributed by atoms with Crippen molar-refractivity contribution in [3.05, 3.63) is 0 Å². The van der Waals surface area contributed by atoms with Gasteiger partial charge in [0.05, 0.1) is 6.61 Å². The summed E-state index contributed by atoms with van der Waals surface area (Å²) < 4.78 is 9.46. The highest BCUT2D eigenvalue weighted by Gasteiger charge is 2.69. The van der Waals surface area contributed by atoms with Crippen molar-refractivity contribution < 1.29 is 29.9 Å². The van der Waals surface area contributed by atoms with Gasteiger partial charge in [-0.2, -0.15) is 0 Å². The molecule has 0 aromatic rings. The molecule has 2 heterocycles. The third-order valence-electron chi connectivity index (χ3n) is 2.18. The number of fused-ring (bicyclic) bond motifs is 1. The second-order valence-electron chi connectivity index (χ2n) is 2.99. The number of rotatable bonds is 1. The minimum Gasteiger partial charge on any atom is -0.394 e. The van der Waals surface area contributed by atoms with E-state index in [4.69, 9.17) is 9.84 Å². The van der Waals surface area contributed by atoms with Gasteiger partial charge in [0.25, 0.3) is 0 Å². The van der Waals surface area contributed by atoms with E-state index in [1.165, 1.54) is 0 Å². The molecule has 2 aliphatic heterocycles. The van der Waals surface area contributed by atoms with E-state index in [1.807, 2.05) is 0 Å². The van der Waals surface area contributed by atoms with E-state index in [2.05, 4.69) is 4.74 Å². The first kappa shape index (κ1) is 8.36. The fraction of sp³-hybridized carbons (Fsp3) is 1.00. The van der Waals surface area contributed by atoms with Gasteiger partial charge in [-0.25, -0.2) is 0 Å². The molecule has 4 N–H and O–H groups in total. The lowest BCUT2D eigenvalue weighted by molar-refractivity contribution is -0.199. The van der Waals surface area contributed by atoms with Crippen LogP contribution in [0.15, 0.2) is 0 Å². The molecule has 12 heavy (non-hydrogen) atoms. The van der Waals surface area contributed by atoms with Crippen LogP contribution in [-0.2, 0) is 9.47 Å². The van der Waals surface area contributed by atoms with Crippen molar-refractivity contribution in [1.29, 1.82) is 0 Å². The molecule has 0 aromatic carbocycles. The Morgan fingerprint density at radius 3 is 2.58 bits per heavy atom. The number of hydrogen-bond donors (Lipinski definition) is 4. The SMILES string of the molecule is OC[C@H]1OC2O[C@@]2(O)[C@@H](O)[C@@H]1O. The molecule has 70 valence electrons. The van der Waals surface area contributed by atoms with Crippen LogP contribution in [0.1, 0.15) is 0 Å². The molecule has 0 bridgehead atoms. The highest BCUT2D eigenvalue weighted by Crippen LogP contribution is 2.44. The normalized spacial score (nSPS) is 58.0. The number of aliphatic hydroxyl groups is 4. The van der Waals surface area contributed by atoms with Crippen molar-refractivity contribution in [1.82, 2.24) is 0 Å². The second-order valence-corrected chi connectivity index (χ2v) is 2.99. The zero-order valence-corrected chi connectivity index (χ0v) is 6.12. The van der Waals surface area contributed by atoms with E-state index in [0.717, 1.165) is 0 Å². The summed E-state index contributed by atoms with van der Waals surface area (Å²) in [7, 11) is 0. The molecule has 0 saturated carbocycles. The number of ether oxygens (including phenoxy) is 2. The molecule has 2 aliphatic rings. The topological polar surface area (TPSA) is 103 Å². The summed E-state index contributed by atoms with van der Waals surface area (Å²) in [5.74, 6) is -1.77. The lowest BCUT2D eigenvalue weighted by Crippen LogP contribution is -2.54. The molecule has 2 rings (SSSR count). The standard InChI is InChI=1S/C6H10O6/c7-1-2-3(8)4(9)6(10)5(11-2)12-6/h2-5,7-10H,1H2/t2-,3-,4+,5?,6+/m1/s1. The second kappa shape index (κ2) is 2.38. The average Bonchev–Trinajstić information content (AvgIpc) is 2.71. The van der Waals surface area contributed by atoms with Crippen LogP contribution in [0, 0.1) is 0 Å². The summed E-state index contributed by atoms with van der Waals surface area (Å²) in [5.41, 5.74) is 0. The van der Waals surface area contributed by atoms with Gasteiger partial charge in [0, 0.05) is 0 Å². The van der Waals surface area contributed by atoms with E-state index in [9.17, 15) is 15.3 Å². The van der Waals surface area contributed by atoms with Crippen molar-refractivity contribution in [2.45, 2.75) is 30.4 Å². The van der Waals surface area contributed by atoms with Crippen LogP contribution in [0.3, 0.4) is 0 Å². The first-order valence-electron chi connectivity index (χ1n) is 3.62. The molecule has 1 unspecified atom stereocenters. The van der Waals surface area contributed by atoms with Gasteiger partial charge >= 0.3 is 0 Å². The van der Waals surface area contributed by atoms with Gasteiger partial charge in [-0.15, -0.1) is 0 Å². The van der Waals surface area contributed by atoms with Gasteiger partial charge in [-0.05, 0) is 0 Å². The van der Waals surface area contributed by atoms with Crippen molar-refractivity contribution in [3.63, 3.8) is 0 Å². The predicted octanol–water partition coefficient (Wildman–Crippen LogP) is -2.86. The maximum Gasteiger partial charge on any atom is 0.250 e. The molecular formula is C6H10O6. The van der Waals surface area contributed by atoms with Crippen LogP contribution in [0.2, 0.25) is 0 Å². The van der Waals surface area contributed by atoms with Gasteiger partial charge in [0.2, 0.25) is 12.1 Å². The van der Waals surface area contributed by atoms with Crippen molar-refractivity contribution in [2.24, 2.45) is 0 Å². The van der Waals surface area contributed by atoms with Gasteiger partial charge in [-0.1, -0.05) is 0 Å². The molecule has 0 aliphatic carbocycles. The van der Waals surface area contributed by atoms with E-state index in [1.54, 1.807) is 0 Å². The van der Waals surface area contributed by atoms with Gasteiger partial charge in [0.15, 0.2) is 0 Å². The van der Waals surface area contributed by atoms with Gasteiger partial charge in [0.1, 0.15) is 18.3 Å². The Hall–Kier alpha value is -0.240. The summed E-state index contributed by atoms with van der Waals surface area (Å²) in [6.45, 7) is -0.422. The lowest BCUT2D eigenvalue weighted by Gasteiger charge is -2.30.